The predicted octanol–water partition coefficient (Wildman–Crippen LogP) is 4.10. The number of nitrogen functional groups attached to an aromatic ring is 1. The lowest BCUT2D eigenvalue weighted by Gasteiger charge is -2.12. The fourth-order valence-corrected chi connectivity index (χ4v) is 2.55. The highest BCUT2D eigenvalue weighted by molar-refractivity contribution is 9.10. The van der Waals surface area contributed by atoms with E-state index in [0.717, 1.165) is 38.7 Å². The molecular weight excluding hydrogens is 288 g/mol. The van der Waals surface area contributed by atoms with Gasteiger partial charge >= 0.3 is 0 Å². The van der Waals surface area contributed by atoms with Crippen LogP contribution in [0.4, 0.5) is 5.69 Å². The summed E-state index contributed by atoms with van der Waals surface area (Å²) in [5.74, 6) is 0. The number of hydrogen-bond donors (Lipinski definition) is 1. The maximum atomic E-state index is 6.14. The average Bonchev–Trinajstić information content (AvgIpc) is 2.27. The van der Waals surface area contributed by atoms with E-state index in [1.165, 1.54) is 0 Å². The van der Waals surface area contributed by atoms with E-state index in [-0.39, 0.29) is 0 Å². The summed E-state index contributed by atoms with van der Waals surface area (Å²) in [6, 6.07) is 3.73. The normalized spacial score (nSPS) is 11.0. The van der Waals surface area contributed by atoms with Crippen LogP contribution >= 0.6 is 27.5 Å². The summed E-state index contributed by atoms with van der Waals surface area (Å²) in [5, 5.41) is 1.54. The topological polar surface area (TPSA) is 38.9 Å². The third-order valence-corrected chi connectivity index (χ3v) is 3.73. The Morgan fingerprint density at radius 1 is 1.44 bits per heavy atom. The molecule has 1 aromatic carbocycles. The Balaban J connectivity index is 2.97. The van der Waals surface area contributed by atoms with Crippen molar-refractivity contribution in [2.75, 3.05) is 5.73 Å². The molecule has 0 aliphatic rings. The van der Waals surface area contributed by atoms with Crippen LogP contribution in [0.15, 0.2) is 16.6 Å². The van der Waals surface area contributed by atoms with Crippen LogP contribution in [-0.4, -0.2) is 4.98 Å². The molecule has 0 aliphatic carbocycles. The molecule has 0 atom stereocenters. The molecule has 2 aromatic rings. The lowest BCUT2D eigenvalue weighted by atomic mass is 10.1. The molecular formula is C12H12BrClN2. The van der Waals surface area contributed by atoms with Crippen LogP contribution in [0.1, 0.15) is 18.2 Å². The summed E-state index contributed by atoms with van der Waals surface area (Å²) in [4.78, 5) is 4.57. The van der Waals surface area contributed by atoms with E-state index >= 15 is 0 Å². The number of aromatic nitrogens is 1. The monoisotopic (exact) mass is 298 g/mol. The number of nitrogens with two attached hydrogens (primary N) is 1. The number of benzene rings is 1. The van der Waals surface area contributed by atoms with Gasteiger partial charge in [0, 0.05) is 21.2 Å². The standard InChI is InChI=1S/C12H12BrClN2/c1-3-9-6(2)11(15)10-7(13)4-5-8(14)12(10)16-9/h4-5H,3H2,1-2H3,(H2,15,16). The third kappa shape index (κ3) is 1.68. The molecule has 84 valence electrons. The molecule has 4 heteroatoms. The van der Waals surface area contributed by atoms with E-state index in [0.29, 0.717) is 5.02 Å². The number of hydrogen-bond acceptors (Lipinski definition) is 2. The average molecular weight is 300 g/mol. The highest BCUT2D eigenvalue weighted by Crippen LogP contribution is 2.35. The molecule has 0 saturated heterocycles. The Morgan fingerprint density at radius 3 is 2.75 bits per heavy atom. The zero-order chi connectivity index (χ0) is 11.9. The van der Waals surface area contributed by atoms with Gasteiger partial charge in [-0.05, 0) is 31.0 Å². The van der Waals surface area contributed by atoms with Gasteiger partial charge in [0.15, 0.2) is 0 Å². The van der Waals surface area contributed by atoms with Crippen molar-refractivity contribution in [3.63, 3.8) is 0 Å². The van der Waals surface area contributed by atoms with Crippen LogP contribution in [0.5, 0.6) is 0 Å². The molecule has 2 rings (SSSR count). The molecule has 0 bridgehead atoms. The molecule has 0 amide bonds. The Labute approximate surface area is 108 Å². The minimum absolute atomic E-state index is 0.639. The second kappa shape index (κ2) is 4.22. The van der Waals surface area contributed by atoms with Gasteiger partial charge in [0.1, 0.15) is 0 Å². The molecule has 1 heterocycles. The highest BCUT2D eigenvalue weighted by atomic mass is 79.9. The number of aryl methyl sites for hydroxylation is 1. The van der Waals surface area contributed by atoms with Gasteiger partial charge in [-0.3, -0.25) is 4.98 Å². The van der Waals surface area contributed by atoms with Crippen molar-refractivity contribution in [1.29, 1.82) is 0 Å². The molecule has 0 fully saturated rings. The van der Waals surface area contributed by atoms with E-state index in [4.69, 9.17) is 17.3 Å². The first-order chi connectivity index (χ1) is 7.56. The van der Waals surface area contributed by atoms with Crippen molar-refractivity contribution < 1.29 is 0 Å². The maximum Gasteiger partial charge on any atom is 0.0923 e. The van der Waals surface area contributed by atoms with Crippen molar-refractivity contribution in [1.82, 2.24) is 4.98 Å². The smallest absolute Gasteiger partial charge is 0.0923 e. The van der Waals surface area contributed by atoms with Crippen LogP contribution in [0, 0.1) is 6.92 Å². The SMILES string of the molecule is CCc1nc2c(Cl)ccc(Br)c2c(N)c1C. The van der Waals surface area contributed by atoms with Crippen molar-refractivity contribution in [3.05, 3.63) is 32.9 Å². The summed E-state index contributed by atoms with van der Waals surface area (Å²) >= 11 is 9.63. The second-order valence-corrected chi connectivity index (χ2v) is 4.97. The van der Waals surface area contributed by atoms with Crippen molar-refractivity contribution >= 4 is 44.1 Å². The highest BCUT2D eigenvalue weighted by Gasteiger charge is 2.12. The Bertz CT molecular complexity index is 567. The first-order valence-corrected chi connectivity index (χ1v) is 6.26. The van der Waals surface area contributed by atoms with Gasteiger partial charge in [0.25, 0.3) is 0 Å². The Kier molecular flexibility index (Phi) is 3.08. The summed E-state index contributed by atoms with van der Waals surface area (Å²) in [7, 11) is 0. The van der Waals surface area contributed by atoms with Gasteiger partial charge in [0.2, 0.25) is 0 Å². The molecule has 0 aliphatic heterocycles. The van der Waals surface area contributed by atoms with Crippen LogP contribution in [0.2, 0.25) is 5.02 Å². The fourth-order valence-electron chi connectivity index (χ4n) is 1.81. The maximum absolute atomic E-state index is 6.14. The number of halogens is 2. The quantitative estimate of drug-likeness (QED) is 0.861. The zero-order valence-corrected chi connectivity index (χ0v) is 11.5. The van der Waals surface area contributed by atoms with Crippen molar-refractivity contribution in [2.24, 2.45) is 0 Å². The summed E-state index contributed by atoms with van der Waals surface area (Å²) < 4.78 is 0.933. The summed E-state index contributed by atoms with van der Waals surface area (Å²) in [6.45, 7) is 4.06. The molecule has 16 heavy (non-hydrogen) atoms. The van der Waals surface area contributed by atoms with Crippen LogP contribution in [0.3, 0.4) is 0 Å². The van der Waals surface area contributed by atoms with E-state index in [2.05, 4.69) is 27.8 Å². The van der Waals surface area contributed by atoms with Crippen LogP contribution in [0.25, 0.3) is 10.9 Å². The molecule has 1 aromatic heterocycles. The fraction of sp³-hybridized carbons (Fsp3) is 0.250. The van der Waals surface area contributed by atoms with E-state index < -0.39 is 0 Å². The lowest BCUT2D eigenvalue weighted by Crippen LogP contribution is -2.01. The minimum Gasteiger partial charge on any atom is -0.398 e. The minimum atomic E-state index is 0.639. The predicted molar refractivity (Wildman–Crippen MR) is 73.0 cm³/mol. The number of nitrogens with zero attached hydrogens (tertiary/aromatic N) is 1. The Morgan fingerprint density at radius 2 is 2.12 bits per heavy atom. The van der Waals surface area contributed by atoms with Gasteiger partial charge in [-0.15, -0.1) is 0 Å². The third-order valence-electron chi connectivity index (χ3n) is 2.77. The van der Waals surface area contributed by atoms with Gasteiger partial charge in [-0.1, -0.05) is 34.5 Å². The number of rotatable bonds is 1. The first kappa shape index (κ1) is 11.7. The largest absolute Gasteiger partial charge is 0.398 e. The number of pyridine rings is 1. The van der Waals surface area contributed by atoms with Crippen LogP contribution in [-0.2, 0) is 6.42 Å². The number of fused-ring (bicyclic) bond motifs is 1. The zero-order valence-electron chi connectivity index (χ0n) is 9.14. The molecule has 2 N–H and O–H groups in total. The van der Waals surface area contributed by atoms with E-state index in [1.54, 1.807) is 0 Å². The Hall–Kier alpha value is -0.800. The molecule has 0 radical (unpaired) electrons. The van der Waals surface area contributed by atoms with Crippen molar-refractivity contribution in [2.45, 2.75) is 20.3 Å². The molecule has 0 unspecified atom stereocenters. The second-order valence-electron chi connectivity index (χ2n) is 3.70. The van der Waals surface area contributed by atoms with Crippen LogP contribution < -0.4 is 5.73 Å². The van der Waals surface area contributed by atoms with Gasteiger partial charge in [-0.2, -0.15) is 0 Å². The van der Waals surface area contributed by atoms with Crippen molar-refractivity contribution in [3.8, 4) is 0 Å². The summed E-state index contributed by atoms with van der Waals surface area (Å²) in [6.07, 6.45) is 0.856. The molecule has 2 nitrogen and oxygen atoms in total. The van der Waals surface area contributed by atoms with Gasteiger partial charge in [0.05, 0.1) is 10.5 Å². The molecule has 0 saturated carbocycles. The molecule has 0 spiro atoms. The van der Waals surface area contributed by atoms with Gasteiger partial charge < -0.3 is 5.73 Å². The first-order valence-electron chi connectivity index (χ1n) is 5.09. The summed E-state index contributed by atoms with van der Waals surface area (Å²) in [5.41, 5.74) is 9.71. The van der Waals surface area contributed by atoms with E-state index in [9.17, 15) is 0 Å². The lowest BCUT2D eigenvalue weighted by molar-refractivity contribution is 1.03. The van der Waals surface area contributed by atoms with E-state index in [1.807, 2.05) is 19.1 Å². The van der Waals surface area contributed by atoms with Gasteiger partial charge in [-0.25, -0.2) is 0 Å². The number of anilines is 1.